The molecule has 0 aromatic carbocycles. The highest BCUT2D eigenvalue weighted by atomic mass is 16.6. The molecule has 2 saturated carbocycles. The van der Waals surface area contributed by atoms with Crippen molar-refractivity contribution in [2.24, 2.45) is 17.8 Å². The maximum absolute atomic E-state index is 9.97. The van der Waals surface area contributed by atoms with Gasteiger partial charge in [-0.1, -0.05) is 6.07 Å². The number of hydrogen-bond acceptors (Lipinski definition) is 3. The van der Waals surface area contributed by atoms with E-state index in [9.17, 15) is 5.11 Å². The van der Waals surface area contributed by atoms with Gasteiger partial charge in [0.1, 0.15) is 0 Å². The van der Waals surface area contributed by atoms with Gasteiger partial charge in [-0.3, -0.25) is 4.98 Å². The van der Waals surface area contributed by atoms with E-state index in [-0.39, 0.29) is 5.41 Å². The third-order valence-corrected chi connectivity index (χ3v) is 5.61. The van der Waals surface area contributed by atoms with E-state index < -0.39 is 6.29 Å². The van der Waals surface area contributed by atoms with Gasteiger partial charge in [-0.25, -0.2) is 0 Å². The lowest BCUT2D eigenvalue weighted by Gasteiger charge is -2.48. The van der Waals surface area contributed by atoms with Gasteiger partial charge < -0.3 is 9.84 Å². The van der Waals surface area contributed by atoms with E-state index in [4.69, 9.17) is 4.74 Å². The summed E-state index contributed by atoms with van der Waals surface area (Å²) >= 11 is 0. The molecule has 3 nitrogen and oxygen atoms in total. The monoisotopic (exact) mass is 245 g/mol. The molecule has 5 atom stereocenters. The molecule has 1 aliphatic heterocycles. The molecule has 2 heterocycles. The fourth-order valence-corrected chi connectivity index (χ4v) is 4.94. The van der Waals surface area contributed by atoms with Crippen LogP contribution in [-0.4, -0.2) is 23.0 Å². The van der Waals surface area contributed by atoms with Crippen molar-refractivity contribution in [2.75, 3.05) is 6.61 Å². The molecule has 0 amide bonds. The largest absolute Gasteiger partial charge is 0.368 e. The van der Waals surface area contributed by atoms with E-state index in [0.29, 0.717) is 5.92 Å². The predicted molar refractivity (Wildman–Crippen MR) is 66.8 cm³/mol. The lowest BCUT2D eigenvalue weighted by atomic mass is 9.60. The Hall–Kier alpha value is -0.930. The van der Waals surface area contributed by atoms with Crippen molar-refractivity contribution in [3.8, 4) is 0 Å². The number of fused-ring (bicyclic) bond motifs is 5. The van der Waals surface area contributed by atoms with Crippen molar-refractivity contribution in [1.29, 1.82) is 0 Å². The van der Waals surface area contributed by atoms with Gasteiger partial charge in [0.2, 0.25) is 0 Å². The minimum absolute atomic E-state index is 0.134. The maximum Gasteiger partial charge on any atom is 0.155 e. The second-order valence-electron chi connectivity index (χ2n) is 6.15. The molecule has 2 bridgehead atoms. The molecule has 1 aromatic rings. The molecule has 0 spiro atoms. The van der Waals surface area contributed by atoms with Crippen LogP contribution in [0.5, 0.6) is 0 Å². The SMILES string of the molecule is O[C@@H]1C[C@]2(c3cccnc3)[C@H]3CC[C@@H](C3)[C@H]2CO1. The van der Waals surface area contributed by atoms with Gasteiger partial charge in [-0.05, 0) is 48.6 Å². The van der Waals surface area contributed by atoms with Crippen LogP contribution in [0.25, 0.3) is 0 Å². The Morgan fingerprint density at radius 2 is 2.33 bits per heavy atom. The van der Waals surface area contributed by atoms with Gasteiger partial charge in [0, 0.05) is 24.2 Å². The molecule has 1 N–H and O–H groups in total. The number of aliphatic hydroxyl groups is 1. The lowest BCUT2D eigenvalue weighted by molar-refractivity contribution is -0.176. The zero-order valence-electron chi connectivity index (χ0n) is 10.5. The first-order chi connectivity index (χ1) is 8.80. The second kappa shape index (κ2) is 3.78. The van der Waals surface area contributed by atoms with Gasteiger partial charge in [0.15, 0.2) is 6.29 Å². The van der Waals surface area contributed by atoms with Crippen molar-refractivity contribution in [2.45, 2.75) is 37.4 Å². The molecule has 2 aliphatic carbocycles. The highest BCUT2D eigenvalue weighted by Crippen LogP contribution is 2.63. The lowest BCUT2D eigenvalue weighted by Crippen LogP contribution is -2.50. The fraction of sp³-hybridized carbons (Fsp3) is 0.667. The van der Waals surface area contributed by atoms with E-state index in [1.54, 1.807) is 0 Å². The molecule has 1 aromatic heterocycles. The number of aliphatic hydroxyl groups excluding tert-OH is 1. The summed E-state index contributed by atoms with van der Waals surface area (Å²) in [7, 11) is 0. The van der Waals surface area contributed by atoms with Gasteiger partial charge in [0.05, 0.1) is 6.61 Å². The smallest absolute Gasteiger partial charge is 0.155 e. The van der Waals surface area contributed by atoms with Crippen LogP contribution >= 0.6 is 0 Å². The van der Waals surface area contributed by atoms with Gasteiger partial charge in [-0.15, -0.1) is 0 Å². The number of hydrogen-bond donors (Lipinski definition) is 1. The zero-order valence-corrected chi connectivity index (χ0v) is 10.5. The molecule has 0 radical (unpaired) electrons. The third kappa shape index (κ3) is 1.29. The van der Waals surface area contributed by atoms with Crippen LogP contribution in [0.15, 0.2) is 24.5 Å². The van der Waals surface area contributed by atoms with Crippen LogP contribution < -0.4 is 0 Å². The van der Waals surface area contributed by atoms with Crippen molar-refractivity contribution < 1.29 is 9.84 Å². The third-order valence-electron chi connectivity index (χ3n) is 5.61. The average Bonchev–Trinajstić information content (AvgIpc) is 3.00. The first-order valence-corrected chi connectivity index (χ1v) is 7.01. The summed E-state index contributed by atoms with van der Waals surface area (Å²) in [5.41, 5.74) is 1.46. The number of aromatic nitrogens is 1. The molecular weight excluding hydrogens is 226 g/mol. The number of ether oxygens (including phenoxy) is 1. The Morgan fingerprint density at radius 3 is 3.17 bits per heavy atom. The van der Waals surface area contributed by atoms with E-state index in [0.717, 1.165) is 24.9 Å². The normalized spacial score (nSPS) is 46.1. The molecule has 3 fully saturated rings. The summed E-state index contributed by atoms with van der Waals surface area (Å²) < 4.78 is 5.53. The summed E-state index contributed by atoms with van der Waals surface area (Å²) in [4.78, 5) is 4.30. The molecule has 96 valence electrons. The molecular formula is C15H19NO2. The quantitative estimate of drug-likeness (QED) is 0.824. The Kier molecular flexibility index (Phi) is 2.30. The van der Waals surface area contributed by atoms with Crippen LogP contribution in [0.2, 0.25) is 0 Å². The summed E-state index contributed by atoms with van der Waals surface area (Å²) in [5, 5.41) is 9.97. The van der Waals surface area contributed by atoms with Crippen LogP contribution in [-0.2, 0) is 10.2 Å². The standard InChI is InChI=1S/C15H19NO2/c17-14-7-15(12-2-1-5-16-8-12)11-4-3-10(6-11)13(15)9-18-14/h1-2,5,8,10-11,13-14,17H,3-4,6-7,9H2/t10-,11-,13+,14-,15+/m0/s1. The summed E-state index contributed by atoms with van der Waals surface area (Å²) in [6.07, 6.45) is 7.96. The first kappa shape index (κ1) is 10.9. The predicted octanol–water partition coefficient (Wildman–Crippen LogP) is 2.10. The first-order valence-electron chi connectivity index (χ1n) is 7.01. The van der Waals surface area contributed by atoms with E-state index in [1.807, 2.05) is 18.5 Å². The van der Waals surface area contributed by atoms with Crippen LogP contribution in [0.1, 0.15) is 31.2 Å². The zero-order chi connectivity index (χ0) is 12.2. The van der Waals surface area contributed by atoms with Gasteiger partial charge >= 0.3 is 0 Å². The molecule has 4 rings (SSSR count). The average molecular weight is 245 g/mol. The second-order valence-corrected chi connectivity index (χ2v) is 6.15. The molecule has 0 unspecified atom stereocenters. The van der Waals surface area contributed by atoms with E-state index in [2.05, 4.69) is 11.1 Å². The molecule has 18 heavy (non-hydrogen) atoms. The van der Waals surface area contributed by atoms with Crippen molar-refractivity contribution in [3.63, 3.8) is 0 Å². The Balaban J connectivity index is 1.83. The minimum Gasteiger partial charge on any atom is -0.368 e. The van der Waals surface area contributed by atoms with Crippen molar-refractivity contribution >= 4 is 0 Å². The minimum atomic E-state index is -0.596. The Labute approximate surface area is 107 Å². The molecule has 3 heteroatoms. The number of rotatable bonds is 1. The molecule has 3 aliphatic rings. The van der Waals surface area contributed by atoms with Crippen LogP contribution in [0, 0.1) is 17.8 Å². The van der Waals surface area contributed by atoms with Gasteiger partial charge in [0.25, 0.3) is 0 Å². The number of nitrogens with zero attached hydrogens (tertiary/aromatic N) is 1. The number of pyridine rings is 1. The fourth-order valence-electron chi connectivity index (χ4n) is 4.94. The molecule has 1 saturated heterocycles. The Bertz CT molecular complexity index is 449. The topological polar surface area (TPSA) is 42.4 Å². The van der Waals surface area contributed by atoms with E-state index >= 15 is 0 Å². The summed E-state index contributed by atoms with van der Waals surface area (Å²) in [6.45, 7) is 0.719. The highest BCUT2D eigenvalue weighted by molar-refractivity contribution is 5.30. The summed E-state index contributed by atoms with van der Waals surface area (Å²) in [5.74, 6) is 2.10. The highest BCUT2D eigenvalue weighted by Gasteiger charge is 2.61. The Morgan fingerprint density at radius 1 is 1.39 bits per heavy atom. The van der Waals surface area contributed by atoms with Crippen molar-refractivity contribution in [1.82, 2.24) is 4.98 Å². The summed E-state index contributed by atoms with van der Waals surface area (Å²) in [6, 6.07) is 4.22. The maximum atomic E-state index is 9.97. The van der Waals surface area contributed by atoms with Gasteiger partial charge in [-0.2, -0.15) is 0 Å². The van der Waals surface area contributed by atoms with Crippen LogP contribution in [0.4, 0.5) is 0 Å². The van der Waals surface area contributed by atoms with E-state index in [1.165, 1.54) is 24.8 Å². The van der Waals surface area contributed by atoms with Crippen molar-refractivity contribution in [3.05, 3.63) is 30.1 Å². The van der Waals surface area contributed by atoms with Crippen LogP contribution in [0.3, 0.4) is 0 Å².